The van der Waals surface area contributed by atoms with Crippen LogP contribution in [-0.4, -0.2) is 30.4 Å². The smallest absolute Gasteiger partial charge is 0.328 e. The number of imidazole rings is 1. The van der Waals surface area contributed by atoms with Crippen LogP contribution >= 0.6 is 11.3 Å². The summed E-state index contributed by atoms with van der Waals surface area (Å²) in [7, 11) is -3.86. The summed E-state index contributed by atoms with van der Waals surface area (Å²) in [6.07, 6.45) is 4.31. The predicted molar refractivity (Wildman–Crippen MR) is 91.7 cm³/mol. The van der Waals surface area contributed by atoms with E-state index in [-0.39, 0.29) is 4.90 Å². The lowest BCUT2D eigenvalue weighted by atomic mass is 10.2. The molecule has 0 aliphatic rings. The Balaban J connectivity index is 1.53. The van der Waals surface area contributed by atoms with Crippen LogP contribution in [0.4, 0.5) is 4.79 Å². The van der Waals surface area contributed by atoms with Crippen molar-refractivity contribution in [3.63, 3.8) is 0 Å². The zero-order valence-corrected chi connectivity index (χ0v) is 14.5. The Kier molecular flexibility index (Phi) is 4.54. The van der Waals surface area contributed by atoms with Crippen LogP contribution in [0.2, 0.25) is 0 Å². The lowest BCUT2D eigenvalue weighted by Gasteiger charge is -2.08. The summed E-state index contributed by atoms with van der Waals surface area (Å²) in [6.45, 7) is 2.15. The van der Waals surface area contributed by atoms with Gasteiger partial charge in [0.25, 0.3) is 10.0 Å². The third-order valence-electron chi connectivity index (χ3n) is 3.37. The fourth-order valence-corrected chi connectivity index (χ4v) is 3.78. The van der Waals surface area contributed by atoms with Crippen molar-refractivity contribution in [1.82, 2.24) is 19.4 Å². The third kappa shape index (κ3) is 3.74. The van der Waals surface area contributed by atoms with Gasteiger partial charge in [0.15, 0.2) is 4.96 Å². The van der Waals surface area contributed by atoms with Gasteiger partial charge < -0.3 is 5.32 Å². The van der Waals surface area contributed by atoms with E-state index in [2.05, 4.69) is 10.3 Å². The van der Waals surface area contributed by atoms with Crippen LogP contribution in [0.25, 0.3) is 4.96 Å². The molecule has 2 amide bonds. The topological polar surface area (TPSA) is 92.6 Å². The second-order valence-corrected chi connectivity index (χ2v) is 7.80. The number of aromatic nitrogens is 2. The Morgan fingerprint density at radius 2 is 2.04 bits per heavy atom. The van der Waals surface area contributed by atoms with Crippen molar-refractivity contribution in [3.05, 3.63) is 53.3 Å². The molecule has 3 aromatic rings. The largest absolute Gasteiger partial charge is 0.337 e. The Labute approximate surface area is 143 Å². The Morgan fingerprint density at radius 1 is 1.29 bits per heavy atom. The summed E-state index contributed by atoms with van der Waals surface area (Å²) in [5.74, 6) is 0. The fourth-order valence-electron chi connectivity index (χ4n) is 2.14. The molecule has 0 aliphatic heterocycles. The maximum atomic E-state index is 12.1. The third-order valence-corrected chi connectivity index (χ3v) is 5.49. The minimum atomic E-state index is -3.86. The molecule has 7 nitrogen and oxygen atoms in total. The lowest BCUT2D eigenvalue weighted by molar-refractivity contribution is 0.246. The molecule has 2 N–H and O–H groups in total. The van der Waals surface area contributed by atoms with Gasteiger partial charge >= 0.3 is 6.03 Å². The highest BCUT2D eigenvalue weighted by atomic mass is 32.2. The highest BCUT2D eigenvalue weighted by Gasteiger charge is 2.17. The van der Waals surface area contributed by atoms with Crippen LogP contribution in [0.1, 0.15) is 11.3 Å². The van der Waals surface area contributed by atoms with Crippen LogP contribution in [0.15, 0.2) is 46.9 Å². The average molecular weight is 364 g/mol. The predicted octanol–water partition coefficient (Wildman–Crippen LogP) is 1.93. The first-order valence-corrected chi connectivity index (χ1v) is 9.59. The van der Waals surface area contributed by atoms with Crippen LogP contribution < -0.4 is 10.0 Å². The number of urea groups is 1. The lowest BCUT2D eigenvalue weighted by Crippen LogP contribution is -2.40. The Bertz CT molecular complexity index is 930. The fraction of sp³-hybridized carbons (Fsp3) is 0.200. The van der Waals surface area contributed by atoms with Gasteiger partial charge in [-0.1, -0.05) is 17.7 Å². The number of sulfonamides is 1. The van der Waals surface area contributed by atoms with E-state index in [4.69, 9.17) is 0 Å². The molecular weight excluding hydrogens is 348 g/mol. The van der Waals surface area contributed by atoms with E-state index in [0.717, 1.165) is 16.2 Å². The number of benzene rings is 1. The first kappa shape index (κ1) is 16.5. The summed E-state index contributed by atoms with van der Waals surface area (Å²) >= 11 is 1.53. The van der Waals surface area contributed by atoms with Crippen molar-refractivity contribution >= 4 is 32.4 Å². The number of fused-ring (bicyclic) bond motifs is 1. The Morgan fingerprint density at radius 3 is 2.75 bits per heavy atom. The van der Waals surface area contributed by atoms with Crippen LogP contribution in [0, 0.1) is 6.92 Å². The van der Waals surface area contributed by atoms with Crippen molar-refractivity contribution in [2.45, 2.75) is 18.2 Å². The molecule has 0 unspecified atom stereocenters. The number of carbonyl (C=O) groups is 1. The first-order chi connectivity index (χ1) is 11.4. The molecule has 0 fully saturated rings. The standard InChI is InChI=1S/C15H16N4O3S2/c1-11-2-4-13(5-3-11)24(21,22)18-14(20)16-7-6-12-10-19-8-9-23-15(19)17-12/h2-5,8-10H,6-7H2,1H3,(H2,16,18,20). The molecule has 0 atom stereocenters. The molecule has 2 aromatic heterocycles. The molecule has 24 heavy (non-hydrogen) atoms. The maximum Gasteiger partial charge on any atom is 0.328 e. The molecule has 9 heteroatoms. The summed E-state index contributed by atoms with van der Waals surface area (Å²) in [5.41, 5.74) is 1.78. The number of hydrogen-bond donors (Lipinski definition) is 2. The van der Waals surface area contributed by atoms with E-state index in [1.54, 1.807) is 12.1 Å². The van der Waals surface area contributed by atoms with E-state index in [0.29, 0.717) is 13.0 Å². The van der Waals surface area contributed by atoms with Gasteiger partial charge in [0.2, 0.25) is 0 Å². The number of rotatable bonds is 5. The molecule has 0 radical (unpaired) electrons. The Hall–Kier alpha value is -2.39. The van der Waals surface area contributed by atoms with Gasteiger partial charge in [-0.25, -0.2) is 22.9 Å². The van der Waals surface area contributed by atoms with E-state index >= 15 is 0 Å². The van der Waals surface area contributed by atoms with E-state index in [1.807, 2.05) is 33.8 Å². The van der Waals surface area contributed by atoms with Gasteiger partial charge in [-0.3, -0.25) is 4.40 Å². The van der Waals surface area contributed by atoms with Crippen LogP contribution in [-0.2, 0) is 16.4 Å². The highest BCUT2D eigenvalue weighted by molar-refractivity contribution is 7.90. The normalized spacial score (nSPS) is 11.5. The van der Waals surface area contributed by atoms with Gasteiger partial charge in [-0.2, -0.15) is 0 Å². The molecule has 3 rings (SSSR count). The quantitative estimate of drug-likeness (QED) is 0.723. The average Bonchev–Trinajstić information content (AvgIpc) is 3.08. The highest BCUT2D eigenvalue weighted by Crippen LogP contribution is 2.11. The van der Waals surface area contributed by atoms with Gasteiger partial charge in [0.05, 0.1) is 10.6 Å². The zero-order valence-electron chi connectivity index (χ0n) is 12.9. The molecule has 126 valence electrons. The zero-order chi connectivity index (χ0) is 17.2. The van der Waals surface area contributed by atoms with Crippen LogP contribution in [0.3, 0.4) is 0 Å². The van der Waals surface area contributed by atoms with E-state index < -0.39 is 16.1 Å². The molecule has 1 aromatic carbocycles. The van der Waals surface area contributed by atoms with Crippen molar-refractivity contribution in [3.8, 4) is 0 Å². The summed E-state index contributed by atoms with van der Waals surface area (Å²) in [5, 5.41) is 4.47. The minimum absolute atomic E-state index is 0.0533. The van der Waals surface area contributed by atoms with E-state index in [1.165, 1.54) is 23.5 Å². The van der Waals surface area contributed by atoms with Crippen molar-refractivity contribution in [1.29, 1.82) is 0 Å². The van der Waals surface area contributed by atoms with Crippen molar-refractivity contribution in [2.75, 3.05) is 6.54 Å². The maximum absolute atomic E-state index is 12.1. The summed E-state index contributed by atoms with van der Waals surface area (Å²) < 4.78 is 28.1. The molecular formula is C15H16N4O3S2. The van der Waals surface area contributed by atoms with Gasteiger partial charge in [-0.15, -0.1) is 11.3 Å². The van der Waals surface area contributed by atoms with Gasteiger partial charge in [0, 0.05) is 30.7 Å². The molecule has 2 heterocycles. The second-order valence-electron chi connectivity index (χ2n) is 5.25. The number of carbonyl (C=O) groups excluding carboxylic acids is 1. The molecule has 0 bridgehead atoms. The first-order valence-electron chi connectivity index (χ1n) is 7.22. The van der Waals surface area contributed by atoms with Crippen molar-refractivity contribution in [2.24, 2.45) is 0 Å². The molecule has 0 saturated carbocycles. The number of aryl methyl sites for hydroxylation is 1. The van der Waals surface area contributed by atoms with E-state index in [9.17, 15) is 13.2 Å². The minimum Gasteiger partial charge on any atom is -0.337 e. The van der Waals surface area contributed by atoms with Crippen molar-refractivity contribution < 1.29 is 13.2 Å². The second kappa shape index (κ2) is 6.62. The number of nitrogens with zero attached hydrogens (tertiary/aromatic N) is 2. The molecule has 0 spiro atoms. The van der Waals surface area contributed by atoms with Crippen LogP contribution in [0.5, 0.6) is 0 Å². The monoisotopic (exact) mass is 364 g/mol. The van der Waals surface area contributed by atoms with Gasteiger partial charge in [0.1, 0.15) is 0 Å². The van der Waals surface area contributed by atoms with Gasteiger partial charge in [-0.05, 0) is 19.1 Å². The number of hydrogen-bond acceptors (Lipinski definition) is 5. The molecule has 0 aliphatic carbocycles. The molecule has 0 saturated heterocycles. The SMILES string of the molecule is Cc1ccc(S(=O)(=O)NC(=O)NCCc2cn3ccsc3n2)cc1. The number of amides is 2. The summed E-state index contributed by atoms with van der Waals surface area (Å²) in [4.78, 5) is 17.1. The number of thiazole rings is 1. The number of nitrogens with one attached hydrogen (secondary N) is 2. The summed E-state index contributed by atoms with van der Waals surface area (Å²) in [6, 6.07) is 5.52.